The maximum atomic E-state index is 13.7. The molecule has 5 rings (SSSR count). The first-order valence-electron chi connectivity index (χ1n) is 11.9. The van der Waals surface area contributed by atoms with Crippen LogP contribution in [0.25, 0.3) is 16.9 Å². The number of aromatic nitrogens is 2. The Hall–Kier alpha value is -3.70. The fourth-order valence-electron chi connectivity index (χ4n) is 4.62. The summed E-state index contributed by atoms with van der Waals surface area (Å²) < 4.78 is 1.83. The van der Waals surface area contributed by atoms with Crippen molar-refractivity contribution in [3.63, 3.8) is 0 Å². The van der Waals surface area contributed by atoms with Crippen LogP contribution < -0.4 is 0 Å². The van der Waals surface area contributed by atoms with E-state index in [-0.39, 0.29) is 5.91 Å². The van der Waals surface area contributed by atoms with Crippen molar-refractivity contribution in [1.29, 1.82) is 0 Å². The highest BCUT2D eigenvalue weighted by Crippen LogP contribution is 2.25. The van der Waals surface area contributed by atoms with Crippen molar-refractivity contribution >= 4 is 5.91 Å². The van der Waals surface area contributed by atoms with E-state index in [1.165, 1.54) is 11.1 Å². The van der Waals surface area contributed by atoms with Crippen LogP contribution in [0.1, 0.15) is 27.2 Å². The second-order valence-corrected chi connectivity index (χ2v) is 9.04. The van der Waals surface area contributed by atoms with Crippen molar-refractivity contribution < 1.29 is 4.79 Å². The standard InChI is InChI=1S/C29H30N4O/c1-22-13-14-27(23(2)19-22)33-28(20-26(30-33)25-11-7-4-8-12-25)29(34)32-17-15-31(16-18-32)21-24-9-5-3-6-10-24/h3-14,19-20H,15-18,21H2,1-2H3. The normalized spacial score (nSPS) is 14.4. The van der Waals surface area contributed by atoms with Gasteiger partial charge in [0.15, 0.2) is 0 Å². The fourth-order valence-corrected chi connectivity index (χ4v) is 4.62. The highest BCUT2D eigenvalue weighted by atomic mass is 16.2. The number of hydrogen-bond donors (Lipinski definition) is 0. The molecule has 0 saturated carbocycles. The van der Waals surface area contributed by atoms with Gasteiger partial charge < -0.3 is 4.90 Å². The molecule has 0 aliphatic carbocycles. The maximum Gasteiger partial charge on any atom is 0.272 e. The first-order chi connectivity index (χ1) is 16.6. The van der Waals surface area contributed by atoms with Crippen LogP contribution in [0.5, 0.6) is 0 Å². The zero-order chi connectivity index (χ0) is 23.5. The first-order valence-corrected chi connectivity index (χ1v) is 11.9. The summed E-state index contributed by atoms with van der Waals surface area (Å²) >= 11 is 0. The minimum absolute atomic E-state index is 0.0361. The summed E-state index contributed by atoms with van der Waals surface area (Å²) in [6, 6.07) is 28.8. The van der Waals surface area contributed by atoms with Crippen molar-refractivity contribution in [2.24, 2.45) is 0 Å². The van der Waals surface area contributed by atoms with E-state index in [1.807, 2.05) is 52.0 Å². The van der Waals surface area contributed by atoms with E-state index >= 15 is 0 Å². The van der Waals surface area contributed by atoms with Crippen molar-refractivity contribution in [2.45, 2.75) is 20.4 Å². The van der Waals surface area contributed by atoms with Crippen LogP contribution in [-0.4, -0.2) is 51.7 Å². The molecule has 1 saturated heterocycles. The third kappa shape index (κ3) is 4.66. The number of benzene rings is 3. The SMILES string of the molecule is Cc1ccc(-n2nc(-c3ccccc3)cc2C(=O)N2CCN(Cc3ccccc3)CC2)c(C)c1. The van der Waals surface area contributed by atoms with Gasteiger partial charge in [-0.3, -0.25) is 9.69 Å². The number of aryl methyl sites for hydroxylation is 2. The average molecular weight is 451 g/mol. The van der Waals surface area contributed by atoms with Gasteiger partial charge in [-0.2, -0.15) is 5.10 Å². The second-order valence-electron chi connectivity index (χ2n) is 9.04. The van der Waals surface area contributed by atoms with Gasteiger partial charge in [-0.25, -0.2) is 4.68 Å². The summed E-state index contributed by atoms with van der Waals surface area (Å²) in [4.78, 5) is 18.1. The molecule has 5 nitrogen and oxygen atoms in total. The Labute approximate surface area is 201 Å². The molecule has 0 atom stereocenters. The molecule has 0 N–H and O–H groups in total. The Bertz CT molecular complexity index is 1270. The Kier molecular flexibility index (Phi) is 6.28. The lowest BCUT2D eigenvalue weighted by atomic mass is 10.1. The van der Waals surface area contributed by atoms with Crippen LogP contribution in [0.15, 0.2) is 84.9 Å². The van der Waals surface area contributed by atoms with E-state index in [2.05, 4.69) is 61.2 Å². The highest BCUT2D eigenvalue weighted by Gasteiger charge is 2.26. The topological polar surface area (TPSA) is 41.4 Å². The molecule has 0 bridgehead atoms. The van der Waals surface area contributed by atoms with E-state index in [0.29, 0.717) is 18.8 Å². The van der Waals surface area contributed by atoms with Gasteiger partial charge >= 0.3 is 0 Å². The minimum atomic E-state index is 0.0361. The zero-order valence-corrected chi connectivity index (χ0v) is 19.8. The number of piperazine rings is 1. The van der Waals surface area contributed by atoms with Crippen LogP contribution in [0.3, 0.4) is 0 Å². The monoisotopic (exact) mass is 450 g/mol. The predicted octanol–water partition coefficient (Wildman–Crippen LogP) is 5.11. The molecule has 1 fully saturated rings. The molecule has 172 valence electrons. The van der Waals surface area contributed by atoms with Gasteiger partial charge in [0.25, 0.3) is 5.91 Å². The Morgan fingerprint density at radius 1 is 0.824 bits per heavy atom. The number of amides is 1. The van der Waals surface area contributed by atoms with Crippen LogP contribution in [-0.2, 0) is 6.54 Å². The molecular formula is C29H30N4O. The third-order valence-corrected chi connectivity index (χ3v) is 6.49. The van der Waals surface area contributed by atoms with E-state index < -0.39 is 0 Å². The van der Waals surface area contributed by atoms with Gasteiger partial charge in [0.05, 0.1) is 11.4 Å². The summed E-state index contributed by atoms with van der Waals surface area (Å²) in [7, 11) is 0. The Morgan fingerprint density at radius 2 is 1.50 bits per heavy atom. The summed E-state index contributed by atoms with van der Waals surface area (Å²) in [6.45, 7) is 8.23. The van der Waals surface area contributed by atoms with Gasteiger partial charge in [-0.1, -0.05) is 78.4 Å². The van der Waals surface area contributed by atoms with Gasteiger partial charge in [0.2, 0.25) is 0 Å². The minimum Gasteiger partial charge on any atom is -0.335 e. The first kappa shape index (κ1) is 22.1. The zero-order valence-electron chi connectivity index (χ0n) is 19.8. The Morgan fingerprint density at radius 3 is 2.18 bits per heavy atom. The largest absolute Gasteiger partial charge is 0.335 e. The lowest BCUT2D eigenvalue weighted by molar-refractivity contribution is 0.0619. The molecule has 1 aliphatic heterocycles. The fraction of sp³-hybridized carbons (Fsp3) is 0.241. The second kappa shape index (κ2) is 9.65. The summed E-state index contributed by atoms with van der Waals surface area (Å²) in [6.07, 6.45) is 0. The van der Waals surface area contributed by atoms with Gasteiger partial charge in [-0.05, 0) is 37.1 Å². The molecule has 0 unspecified atom stereocenters. The molecular weight excluding hydrogens is 420 g/mol. The smallest absolute Gasteiger partial charge is 0.272 e. The van der Waals surface area contributed by atoms with Crippen molar-refractivity contribution in [1.82, 2.24) is 19.6 Å². The maximum absolute atomic E-state index is 13.7. The average Bonchev–Trinajstić information content (AvgIpc) is 3.30. The van der Waals surface area contributed by atoms with Crippen molar-refractivity contribution in [3.05, 3.63) is 107 Å². The molecule has 34 heavy (non-hydrogen) atoms. The van der Waals surface area contributed by atoms with Gasteiger partial charge in [0, 0.05) is 38.3 Å². The number of carbonyl (C=O) groups excluding carboxylic acids is 1. The van der Waals surface area contributed by atoms with Crippen LogP contribution in [0.4, 0.5) is 0 Å². The van der Waals surface area contributed by atoms with E-state index in [1.54, 1.807) is 0 Å². The van der Waals surface area contributed by atoms with Crippen molar-refractivity contribution in [2.75, 3.05) is 26.2 Å². The summed E-state index contributed by atoms with van der Waals surface area (Å²) in [5, 5.41) is 4.89. The molecule has 1 aromatic heterocycles. The van der Waals surface area contributed by atoms with Crippen LogP contribution >= 0.6 is 0 Å². The number of rotatable bonds is 5. The quantitative estimate of drug-likeness (QED) is 0.424. The van der Waals surface area contributed by atoms with Crippen LogP contribution in [0.2, 0.25) is 0 Å². The van der Waals surface area contributed by atoms with E-state index in [0.717, 1.165) is 42.1 Å². The van der Waals surface area contributed by atoms with Gasteiger partial charge in [-0.15, -0.1) is 0 Å². The van der Waals surface area contributed by atoms with E-state index in [9.17, 15) is 4.79 Å². The summed E-state index contributed by atoms with van der Waals surface area (Å²) in [5.74, 6) is 0.0361. The molecule has 2 heterocycles. The molecule has 1 amide bonds. The molecule has 5 heteroatoms. The molecule has 1 aliphatic rings. The lowest BCUT2D eigenvalue weighted by Gasteiger charge is -2.34. The van der Waals surface area contributed by atoms with Gasteiger partial charge in [0.1, 0.15) is 5.69 Å². The van der Waals surface area contributed by atoms with Crippen molar-refractivity contribution in [3.8, 4) is 16.9 Å². The Balaban J connectivity index is 1.41. The lowest BCUT2D eigenvalue weighted by Crippen LogP contribution is -2.48. The predicted molar refractivity (Wildman–Crippen MR) is 136 cm³/mol. The number of carbonyl (C=O) groups is 1. The van der Waals surface area contributed by atoms with Crippen LogP contribution in [0, 0.1) is 13.8 Å². The number of hydrogen-bond acceptors (Lipinski definition) is 3. The molecule has 3 aromatic carbocycles. The number of nitrogens with zero attached hydrogens (tertiary/aromatic N) is 4. The molecule has 0 spiro atoms. The molecule has 0 radical (unpaired) electrons. The molecule has 4 aromatic rings. The summed E-state index contributed by atoms with van der Waals surface area (Å²) in [5.41, 5.74) is 6.98. The third-order valence-electron chi connectivity index (χ3n) is 6.49. The highest BCUT2D eigenvalue weighted by molar-refractivity contribution is 5.94. The van der Waals surface area contributed by atoms with E-state index in [4.69, 9.17) is 5.10 Å².